The van der Waals surface area contributed by atoms with Gasteiger partial charge >= 0.3 is 0 Å². The molecule has 1 fully saturated rings. The van der Waals surface area contributed by atoms with Crippen LogP contribution in [-0.2, 0) is 6.54 Å². The molecular weight excluding hydrogens is 284 g/mol. The third-order valence-electron chi connectivity index (χ3n) is 4.06. The van der Waals surface area contributed by atoms with Crippen LogP contribution in [0.3, 0.4) is 0 Å². The fraction of sp³-hybridized carbons (Fsp3) is 0.625. The van der Waals surface area contributed by atoms with E-state index in [2.05, 4.69) is 9.80 Å². The molecule has 1 aliphatic heterocycles. The van der Waals surface area contributed by atoms with Gasteiger partial charge in [0.1, 0.15) is 0 Å². The van der Waals surface area contributed by atoms with Gasteiger partial charge in [0.05, 0.1) is 27.9 Å². The van der Waals surface area contributed by atoms with Crippen molar-refractivity contribution in [1.82, 2.24) is 9.80 Å². The zero-order valence-electron chi connectivity index (χ0n) is 13.7. The predicted molar refractivity (Wildman–Crippen MR) is 84.9 cm³/mol. The molecule has 0 saturated carbocycles. The first kappa shape index (κ1) is 16.9. The first-order valence-electron chi connectivity index (χ1n) is 7.56. The summed E-state index contributed by atoms with van der Waals surface area (Å²) in [5.74, 6) is 2.05. The zero-order valence-corrected chi connectivity index (χ0v) is 13.7. The molecule has 1 aliphatic rings. The molecule has 22 heavy (non-hydrogen) atoms. The summed E-state index contributed by atoms with van der Waals surface area (Å²) in [6.07, 6.45) is 0. The summed E-state index contributed by atoms with van der Waals surface area (Å²) in [5.41, 5.74) is 1.09. The Morgan fingerprint density at radius 1 is 0.909 bits per heavy atom. The van der Waals surface area contributed by atoms with Gasteiger partial charge in [-0.1, -0.05) is 6.07 Å². The second-order valence-corrected chi connectivity index (χ2v) is 5.33. The van der Waals surface area contributed by atoms with Crippen molar-refractivity contribution in [3.05, 3.63) is 17.7 Å². The molecule has 0 unspecified atom stereocenters. The van der Waals surface area contributed by atoms with E-state index in [1.165, 1.54) is 0 Å². The van der Waals surface area contributed by atoms with Gasteiger partial charge in [-0.2, -0.15) is 0 Å². The molecule has 1 aromatic rings. The number of aliphatic hydroxyl groups excluding tert-OH is 1. The third-order valence-corrected chi connectivity index (χ3v) is 4.06. The molecule has 0 atom stereocenters. The Morgan fingerprint density at radius 2 is 1.55 bits per heavy atom. The van der Waals surface area contributed by atoms with Crippen LogP contribution in [0.4, 0.5) is 0 Å². The molecule has 0 aliphatic carbocycles. The summed E-state index contributed by atoms with van der Waals surface area (Å²) < 4.78 is 16.3. The highest BCUT2D eigenvalue weighted by Gasteiger charge is 2.20. The minimum absolute atomic E-state index is 0.226. The molecule has 1 N–H and O–H groups in total. The number of aliphatic hydroxyl groups is 1. The number of β-amino-alcohol motifs (C(OH)–C–C–N with tert-alkyl or cyclic N) is 1. The minimum Gasteiger partial charge on any atom is -0.493 e. The number of nitrogens with zero attached hydrogens (tertiary/aromatic N) is 2. The number of rotatable bonds is 7. The molecular formula is C16H26N2O4. The first-order chi connectivity index (χ1) is 10.7. The highest BCUT2D eigenvalue weighted by molar-refractivity contribution is 5.55. The Bertz CT molecular complexity index is 473. The van der Waals surface area contributed by atoms with E-state index < -0.39 is 0 Å². The van der Waals surface area contributed by atoms with E-state index in [-0.39, 0.29) is 6.61 Å². The monoisotopic (exact) mass is 310 g/mol. The number of hydrogen-bond donors (Lipinski definition) is 1. The molecule has 6 nitrogen and oxygen atoms in total. The molecule has 1 aromatic carbocycles. The second kappa shape index (κ2) is 8.22. The van der Waals surface area contributed by atoms with Gasteiger partial charge in [-0.3, -0.25) is 9.80 Å². The van der Waals surface area contributed by atoms with Gasteiger partial charge < -0.3 is 19.3 Å². The van der Waals surface area contributed by atoms with Crippen molar-refractivity contribution in [2.75, 3.05) is 60.7 Å². The average molecular weight is 310 g/mol. The van der Waals surface area contributed by atoms with Gasteiger partial charge in [-0.05, 0) is 6.07 Å². The molecule has 0 bridgehead atoms. The molecule has 2 rings (SSSR count). The van der Waals surface area contributed by atoms with Gasteiger partial charge in [-0.15, -0.1) is 0 Å². The zero-order chi connectivity index (χ0) is 15.9. The third kappa shape index (κ3) is 3.82. The Labute approximate surface area is 132 Å². The van der Waals surface area contributed by atoms with Crippen molar-refractivity contribution in [2.24, 2.45) is 0 Å². The molecule has 0 radical (unpaired) electrons. The van der Waals surface area contributed by atoms with Gasteiger partial charge in [0.2, 0.25) is 5.75 Å². The Kier molecular flexibility index (Phi) is 6.30. The Balaban J connectivity index is 2.07. The smallest absolute Gasteiger partial charge is 0.203 e. The predicted octanol–water partition coefficient (Wildman–Crippen LogP) is 0.822. The van der Waals surface area contributed by atoms with E-state index in [1.54, 1.807) is 21.3 Å². The van der Waals surface area contributed by atoms with Crippen LogP contribution in [0.25, 0.3) is 0 Å². The van der Waals surface area contributed by atoms with Crippen molar-refractivity contribution in [2.45, 2.75) is 6.54 Å². The maximum absolute atomic E-state index is 9.00. The molecule has 0 amide bonds. The van der Waals surface area contributed by atoms with Crippen LogP contribution in [-0.4, -0.2) is 75.6 Å². The second-order valence-electron chi connectivity index (χ2n) is 5.33. The van der Waals surface area contributed by atoms with Crippen LogP contribution in [0.1, 0.15) is 5.56 Å². The highest BCUT2D eigenvalue weighted by atomic mass is 16.5. The van der Waals surface area contributed by atoms with Crippen molar-refractivity contribution < 1.29 is 19.3 Å². The lowest BCUT2D eigenvalue weighted by molar-refractivity contribution is 0.108. The first-order valence-corrected chi connectivity index (χ1v) is 7.56. The maximum Gasteiger partial charge on any atom is 0.203 e. The number of ether oxygens (including phenoxy) is 3. The summed E-state index contributed by atoms with van der Waals surface area (Å²) in [5, 5.41) is 9.00. The molecule has 0 spiro atoms. The van der Waals surface area contributed by atoms with Crippen molar-refractivity contribution in [1.29, 1.82) is 0 Å². The van der Waals surface area contributed by atoms with Gasteiger partial charge in [0.25, 0.3) is 0 Å². The minimum atomic E-state index is 0.226. The molecule has 124 valence electrons. The van der Waals surface area contributed by atoms with Crippen molar-refractivity contribution >= 4 is 0 Å². The topological polar surface area (TPSA) is 54.4 Å². The number of hydrogen-bond acceptors (Lipinski definition) is 6. The van der Waals surface area contributed by atoms with E-state index in [0.29, 0.717) is 11.5 Å². The van der Waals surface area contributed by atoms with Crippen LogP contribution in [0.2, 0.25) is 0 Å². The number of benzene rings is 1. The fourth-order valence-corrected chi connectivity index (χ4v) is 2.84. The molecule has 1 saturated heterocycles. The van der Waals surface area contributed by atoms with E-state index in [9.17, 15) is 0 Å². The summed E-state index contributed by atoms with van der Waals surface area (Å²) >= 11 is 0. The van der Waals surface area contributed by atoms with E-state index >= 15 is 0 Å². The summed E-state index contributed by atoms with van der Waals surface area (Å²) in [7, 11) is 4.90. The molecule has 0 aromatic heterocycles. The average Bonchev–Trinajstić information content (AvgIpc) is 2.56. The van der Waals surface area contributed by atoms with E-state index in [0.717, 1.165) is 50.6 Å². The van der Waals surface area contributed by atoms with Crippen molar-refractivity contribution in [3.8, 4) is 17.2 Å². The SMILES string of the molecule is COc1ccc(CN2CCN(CCO)CC2)c(OC)c1OC. The number of piperazine rings is 1. The molecule has 6 heteroatoms. The van der Waals surface area contributed by atoms with E-state index in [1.807, 2.05) is 12.1 Å². The lowest BCUT2D eigenvalue weighted by Gasteiger charge is -2.34. The van der Waals surface area contributed by atoms with Crippen LogP contribution in [0.15, 0.2) is 12.1 Å². The van der Waals surface area contributed by atoms with Crippen molar-refractivity contribution in [3.63, 3.8) is 0 Å². The van der Waals surface area contributed by atoms with Gasteiger partial charge in [0, 0.05) is 44.8 Å². The van der Waals surface area contributed by atoms with Gasteiger partial charge in [0.15, 0.2) is 11.5 Å². The largest absolute Gasteiger partial charge is 0.493 e. The lowest BCUT2D eigenvalue weighted by atomic mass is 10.1. The van der Waals surface area contributed by atoms with Crippen LogP contribution in [0, 0.1) is 0 Å². The van der Waals surface area contributed by atoms with Crippen LogP contribution >= 0.6 is 0 Å². The maximum atomic E-state index is 9.00. The Morgan fingerprint density at radius 3 is 2.09 bits per heavy atom. The summed E-state index contributed by atoms with van der Waals surface area (Å²) in [6.45, 7) is 5.73. The van der Waals surface area contributed by atoms with E-state index in [4.69, 9.17) is 19.3 Å². The molecule has 1 heterocycles. The summed E-state index contributed by atoms with van der Waals surface area (Å²) in [6, 6.07) is 3.94. The van der Waals surface area contributed by atoms with Crippen LogP contribution in [0.5, 0.6) is 17.2 Å². The van der Waals surface area contributed by atoms with Gasteiger partial charge in [-0.25, -0.2) is 0 Å². The highest BCUT2D eigenvalue weighted by Crippen LogP contribution is 2.40. The quantitative estimate of drug-likeness (QED) is 0.805. The summed E-state index contributed by atoms with van der Waals surface area (Å²) in [4.78, 5) is 4.67. The Hall–Kier alpha value is -1.50. The fourth-order valence-electron chi connectivity index (χ4n) is 2.84. The number of methoxy groups -OCH3 is 3. The van der Waals surface area contributed by atoms with Crippen LogP contribution < -0.4 is 14.2 Å². The normalized spacial score (nSPS) is 16.5. The lowest BCUT2D eigenvalue weighted by Crippen LogP contribution is -2.46. The standard InChI is InChI=1S/C16H26N2O4/c1-20-14-5-4-13(15(21-2)16(14)22-3)12-18-8-6-17(7-9-18)10-11-19/h4-5,19H,6-12H2,1-3H3.